The van der Waals surface area contributed by atoms with Crippen LogP contribution < -0.4 is 29.6 Å². The zero-order valence-corrected chi connectivity index (χ0v) is 9.97. The first-order valence-electron chi connectivity index (χ1n) is 2.68. The summed E-state index contributed by atoms with van der Waals surface area (Å²) < 4.78 is 44.9. The molecule has 0 aliphatic heterocycles. The zero-order chi connectivity index (χ0) is 11.6. The van der Waals surface area contributed by atoms with Gasteiger partial charge in [-0.1, -0.05) is 4.39 Å². The first-order chi connectivity index (χ1) is 6.09. The molecule has 0 atom stereocenters. The second-order valence-electron chi connectivity index (χ2n) is 1.90. The summed E-state index contributed by atoms with van der Waals surface area (Å²) >= 11 is 0. The Kier molecular flexibility index (Phi) is 6.37. The van der Waals surface area contributed by atoms with Crippen molar-refractivity contribution in [3.8, 4) is 0 Å². The first kappa shape index (κ1) is 17.0. The van der Waals surface area contributed by atoms with Crippen molar-refractivity contribution in [2.24, 2.45) is 0 Å². The second kappa shape index (κ2) is 5.62. The van der Waals surface area contributed by atoms with Crippen LogP contribution in [0.3, 0.4) is 0 Å². The van der Waals surface area contributed by atoms with Gasteiger partial charge in [-0.3, -0.25) is 24.4 Å². The summed E-state index contributed by atoms with van der Waals surface area (Å²) in [4.78, 5) is 15.6. The smallest absolute Gasteiger partial charge is 0.726 e. The van der Waals surface area contributed by atoms with Crippen LogP contribution in [0.1, 0.15) is 0 Å². The zero-order valence-electron chi connectivity index (χ0n) is 7.15. The van der Waals surface area contributed by atoms with Crippen LogP contribution in [0.2, 0.25) is 0 Å². The van der Waals surface area contributed by atoms with Crippen molar-refractivity contribution in [1.82, 2.24) is 0 Å². The summed E-state index contributed by atoms with van der Waals surface area (Å²) in [5, 5.41) is 19.6. The summed E-state index contributed by atoms with van der Waals surface area (Å²) in [5.41, 5.74) is 0. The van der Waals surface area contributed by atoms with E-state index in [0.717, 1.165) is 0 Å². The van der Waals surface area contributed by atoms with Crippen LogP contribution in [0.5, 0.6) is 0 Å². The Morgan fingerprint density at radius 1 is 1.27 bits per heavy atom. The van der Waals surface area contributed by atoms with E-state index in [4.69, 9.17) is 0 Å². The number of hydrogen-bond donors (Lipinski definition) is 0. The molecule has 0 radical (unpaired) electrons. The summed E-state index contributed by atoms with van der Waals surface area (Å²) in [6.07, 6.45) is 0. The van der Waals surface area contributed by atoms with E-state index in [0.29, 0.717) is 0 Å². The van der Waals surface area contributed by atoms with E-state index in [-0.39, 0.29) is 29.6 Å². The molecule has 0 amide bonds. The summed E-state index contributed by atoms with van der Waals surface area (Å²) in [6.45, 7) is -2.11. The van der Waals surface area contributed by atoms with Crippen LogP contribution in [-0.2, 0) is 14.6 Å². The molecular weight excluding hydrogens is 254 g/mol. The average molecular weight is 256 g/mol. The van der Waals surface area contributed by atoms with Gasteiger partial charge >= 0.3 is 35.5 Å². The molecule has 0 aliphatic carbocycles. The van der Waals surface area contributed by atoms with Gasteiger partial charge in [0.2, 0.25) is 17.0 Å². The fourth-order valence-electron chi connectivity index (χ4n) is 0.319. The van der Waals surface area contributed by atoms with E-state index in [1.54, 1.807) is 0 Å². The molecule has 82 valence electrons. The van der Waals surface area contributed by atoms with Crippen molar-refractivity contribution in [3.05, 3.63) is 20.2 Å². The number of rotatable bonds is 5. The van der Waals surface area contributed by atoms with Gasteiger partial charge in [0.25, 0.3) is 0 Å². The van der Waals surface area contributed by atoms with E-state index in [1.165, 1.54) is 0 Å². The number of alkyl halides is 1. The molecule has 0 spiro atoms. The molecular formula is C2H2FN2NaO8S. The van der Waals surface area contributed by atoms with Crippen LogP contribution in [-0.4, -0.2) is 35.3 Å². The Balaban J connectivity index is 0. The molecule has 0 fully saturated rings. The fourth-order valence-corrected chi connectivity index (χ4v) is 0.614. The SMILES string of the molecule is O=[N+]([O-])C(F)(COS(=O)(=O)[O-])[N+](=O)[O-].[Na+]. The van der Waals surface area contributed by atoms with Gasteiger partial charge in [-0.15, -0.1) is 0 Å². The van der Waals surface area contributed by atoms with Crippen molar-refractivity contribution in [2.45, 2.75) is 5.92 Å². The third-order valence-corrected chi connectivity index (χ3v) is 1.35. The predicted octanol–water partition coefficient (Wildman–Crippen LogP) is -4.36. The van der Waals surface area contributed by atoms with Crippen molar-refractivity contribution in [2.75, 3.05) is 6.61 Å². The summed E-state index contributed by atoms with van der Waals surface area (Å²) in [5.74, 6) is -4.35. The molecule has 0 heterocycles. The molecule has 15 heavy (non-hydrogen) atoms. The number of halogens is 1. The van der Waals surface area contributed by atoms with Crippen LogP contribution in [0.4, 0.5) is 4.39 Å². The maximum absolute atomic E-state index is 12.6. The van der Waals surface area contributed by atoms with E-state index in [1.807, 2.05) is 0 Å². The molecule has 13 heteroatoms. The molecule has 0 aromatic rings. The Bertz CT molecular complexity index is 340. The minimum absolute atomic E-state index is 0. The minimum Gasteiger partial charge on any atom is -0.726 e. The standard InChI is InChI=1S/C2H3FN2O8S.Na/c3-2(4(6)7,5(8)9)1-13-14(10,11)12;/h1H2,(H,10,11,12);/q;+1/p-1. The molecule has 0 saturated heterocycles. The number of hydrogen-bond acceptors (Lipinski definition) is 8. The Morgan fingerprint density at radius 2 is 1.60 bits per heavy atom. The van der Waals surface area contributed by atoms with Crippen LogP contribution in [0, 0.1) is 20.2 Å². The minimum atomic E-state index is -5.42. The van der Waals surface area contributed by atoms with E-state index in [9.17, 15) is 37.6 Å². The van der Waals surface area contributed by atoms with Crippen molar-refractivity contribution in [3.63, 3.8) is 0 Å². The normalized spacial score (nSPS) is 11.6. The Hall–Kier alpha value is -0.400. The van der Waals surface area contributed by atoms with E-state index >= 15 is 0 Å². The molecule has 0 aromatic carbocycles. The topological polar surface area (TPSA) is 153 Å². The van der Waals surface area contributed by atoms with Gasteiger partial charge in [0, 0.05) is 0 Å². The van der Waals surface area contributed by atoms with Gasteiger partial charge in [0.1, 0.15) is 9.85 Å². The molecule has 0 unspecified atom stereocenters. The molecule has 0 rings (SSSR count). The Morgan fingerprint density at radius 3 is 1.80 bits per heavy atom. The summed E-state index contributed by atoms with van der Waals surface area (Å²) in [6, 6.07) is 0. The van der Waals surface area contributed by atoms with Crippen LogP contribution >= 0.6 is 0 Å². The van der Waals surface area contributed by atoms with Crippen molar-refractivity contribution in [1.29, 1.82) is 0 Å². The quantitative estimate of drug-likeness (QED) is 0.0909. The van der Waals surface area contributed by atoms with Crippen molar-refractivity contribution < 1.29 is 60.9 Å². The monoisotopic (exact) mass is 256 g/mol. The van der Waals surface area contributed by atoms with Crippen molar-refractivity contribution >= 4 is 10.4 Å². The van der Waals surface area contributed by atoms with Gasteiger partial charge in [-0.25, -0.2) is 8.42 Å². The van der Waals surface area contributed by atoms with Crippen LogP contribution in [0.25, 0.3) is 0 Å². The van der Waals surface area contributed by atoms with Gasteiger partial charge in [0.15, 0.2) is 0 Å². The maximum Gasteiger partial charge on any atom is 1.00 e. The third kappa shape index (κ3) is 5.29. The predicted molar refractivity (Wildman–Crippen MR) is 33.5 cm³/mol. The van der Waals surface area contributed by atoms with Gasteiger partial charge in [0.05, 0.1) is 0 Å². The summed E-state index contributed by atoms with van der Waals surface area (Å²) in [7, 11) is -5.42. The first-order valence-corrected chi connectivity index (χ1v) is 4.01. The average Bonchev–Trinajstić information content (AvgIpc) is 1.97. The van der Waals surface area contributed by atoms with E-state index in [2.05, 4.69) is 4.18 Å². The van der Waals surface area contributed by atoms with E-state index < -0.39 is 32.8 Å². The Labute approximate surface area is 104 Å². The molecule has 0 saturated carbocycles. The van der Waals surface area contributed by atoms with Gasteiger partial charge in [-0.2, -0.15) is 0 Å². The molecule has 0 aromatic heterocycles. The largest absolute Gasteiger partial charge is 1.00 e. The second-order valence-corrected chi connectivity index (χ2v) is 2.96. The fraction of sp³-hybridized carbons (Fsp3) is 1.00. The van der Waals surface area contributed by atoms with Gasteiger partial charge in [-0.05, 0) is 0 Å². The molecule has 10 nitrogen and oxygen atoms in total. The third-order valence-electron chi connectivity index (χ3n) is 0.946. The molecule has 0 bridgehead atoms. The molecule has 0 N–H and O–H groups in total. The van der Waals surface area contributed by atoms with Crippen LogP contribution in [0.15, 0.2) is 0 Å². The number of nitrogens with zero attached hydrogens (tertiary/aromatic N) is 2. The molecule has 0 aliphatic rings. The van der Waals surface area contributed by atoms with Gasteiger partial charge < -0.3 is 4.55 Å². The number of nitro groups is 2. The maximum atomic E-state index is 12.6.